The van der Waals surface area contributed by atoms with E-state index in [1.807, 2.05) is 19.9 Å². The van der Waals surface area contributed by atoms with Crippen molar-refractivity contribution in [2.75, 3.05) is 23.3 Å². The highest BCUT2D eigenvalue weighted by Gasteiger charge is 2.36. The lowest BCUT2D eigenvalue weighted by molar-refractivity contribution is -0.120. The summed E-state index contributed by atoms with van der Waals surface area (Å²) < 4.78 is 0. The summed E-state index contributed by atoms with van der Waals surface area (Å²) in [6, 6.07) is 8.67. The molecule has 0 spiro atoms. The van der Waals surface area contributed by atoms with Crippen LogP contribution in [0.15, 0.2) is 30.3 Å². The van der Waals surface area contributed by atoms with Gasteiger partial charge in [-0.15, -0.1) is 10.2 Å². The Morgan fingerprint density at radius 3 is 2.26 bits per heavy atom. The zero-order valence-electron chi connectivity index (χ0n) is 18.8. The number of aromatic nitrogens is 4. The Balaban J connectivity index is 1.17. The molecule has 3 amide bonds. The first kappa shape index (κ1) is 22.1. The molecule has 0 bridgehead atoms. The van der Waals surface area contributed by atoms with E-state index in [-0.39, 0.29) is 30.2 Å². The van der Waals surface area contributed by atoms with Crippen LogP contribution < -0.4 is 10.2 Å². The summed E-state index contributed by atoms with van der Waals surface area (Å²) >= 11 is 1.16. The first-order valence-electron chi connectivity index (χ1n) is 11.0. The van der Waals surface area contributed by atoms with E-state index in [2.05, 4.69) is 30.4 Å². The molecule has 1 fully saturated rings. The van der Waals surface area contributed by atoms with Gasteiger partial charge in [0.15, 0.2) is 0 Å². The van der Waals surface area contributed by atoms with Gasteiger partial charge in [-0.3, -0.25) is 19.3 Å². The monoisotopic (exact) mass is 477 g/mol. The predicted octanol–water partition coefficient (Wildman–Crippen LogP) is 2.60. The standard InChI is InChI=1S/C23H23N7O3S/c1-13-11-14(2)25-22(24-13)29-9-7-15(8-10-29)19(31)26-23-28-27-18(34-23)12-30-20(32)16-5-3-4-6-17(16)21(30)33/h3-6,11,15H,7-10,12H2,1-2H3,(H,26,28,31). The van der Waals surface area contributed by atoms with Gasteiger partial charge in [0.25, 0.3) is 11.8 Å². The minimum atomic E-state index is -0.346. The Morgan fingerprint density at radius 1 is 1.03 bits per heavy atom. The molecule has 2 aliphatic rings. The molecule has 1 N–H and O–H groups in total. The quantitative estimate of drug-likeness (QED) is 0.557. The van der Waals surface area contributed by atoms with Crippen molar-refractivity contribution in [1.29, 1.82) is 0 Å². The third kappa shape index (κ3) is 4.26. The zero-order valence-corrected chi connectivity index (χ0v) is 19.6. The molecule has 34 heavy (non-hydrogen) atoms. The Hall–Kier alpha value is -3.73. The second kappa shape index (κ2) is 8.90. The van der Waals surface area contributed by atoms with Gasteiger partial charge in [-0.1, -0.05) is 23.5 Å². The van der Waals surface area contributed by atoms with Gasteiger partial charge in [0.1, 0.15) is 5.01 Å². The maximum Gasteiger partial charge on any atom is 0.261 e. The Labute approximate surface area is 200 Å². The number of carbonyl (C=O) groups is 3. The molecule has 5 rings (SSSR count). The SMILES string of the molecule is Cc1cc(C)nc(N2CCC(C(=O)Nc3nnc(CN4C(=O)c5ccccc5C4=O)s3)CC2)n1. The number of benzene rings is 1. The number of amides is 3. The molecule has 0 radical (unpaired) electrons. The maximum atomic E-state index is 12.8. The fraction of sp³-hybridized carbons (Fsp3) is 0.348. The fourth-order valence-electron chi connectivity index (χ4n) is 4.28. The highest BCUT2D eigenvalue weighted by Crippen LogP contribution is 2.27. The molecule has 2 aliphatic heterocycles. The van der Waals surface area contributed by atoms with Gasteiger partial charge in [-0.25, -0.2) is 9.97 Å². The molecule has 11 heteroatoms. The Kier molecular flexibility index (Phi) is 5.78. The molecule has 174 valence electrons. The van der Waals surface area contributed by atoms with E-state index >= 15 is 0 Å². The first-order chi connectivity index (χ1) is 16.4. The number of hydrogen-bond acceptors (Lipinski definition) is 9. The van der Waals surface area contributed by atoms with Gasteiger partial charge in [0, 0.05) is 30.4 Å². The maximum absolute atomic E-state index is 12.8. The number of rotatable bonds is 5. The van der Waals surface area contributed by atoms with Gasteiger partial charge in [-0.2, -0.15) is 0 Å². The van der Waals surface area contributed by atoms with E-state index < -0.39 is 0 Å². The van der Waals surface area contributed by atoms with Gasteiger partial charge in [0.2, 0.25) is 17.0 Å². The third-order valence-corrected chi connectivity index (χ3v) is 6.81. The number of piperidine rings is 1. The van der Waals surface area contributed by atoms with Gasteiger partial charge in [-0.05, 0) is 44.9 Å². The lowest BCUT2D eigenvalue weighted by atomic mass is 9.96. The largest absolute Gasteiger partial charge is 0.341 e. The molecule has 2 aromatic heterocycles. The van der Waals surface area contributed by atoms with Crippen LogP contribution in [-0.2, 0) is 11.3 Å². The topological polar surface area (TPSA) is 121 Å². The lowest BCUT2D eigenvalue weighted by Gasteiger charge is -2.31. The van der Waals surface area contributed by atoms with E-state index in [4.69, 9.17) is 0 Å². The van der Waals surface area contributed by atoms with E-state index in [1.54, 1.807) is 24.3 Å². The minimum absolute atomic E-state index is 0.0220. The van der Waals surface area contributed by atoms with Crippen LogP contribution in [0.2, 0.25) is 0 Å². The van der Waals surface area contributed by atoms with Crippen molar-refractivity contribution in [3.05, 3.63) is 57.9 Å². The summed E-state index contributed by atoms with van der Waals surface area (Å²) in [7, 11) is 0. The van der Waals surface area contributed by atoms with Crippen molar-refractivity contribution >= 4 is 40.1 Å². The molecule has 0 saturated carbocycles. The molecule has 10 nitrogen and oxygen atoms in total. The lowest BCUT2D eigenvalue weighted by Crippen LogP contribution is -2.39. The molecule has 1 saturated heterocycles. The van der Waals surface area contributed by atoms with Crippen LogP contribution in [0.5, 0.6) is 0 Å². The summed E-state index contributed by atoms with van der Waals surface area (Å²) in [5.41, 5.74) is 2.64. The second-order valence-electron chi connectivity index (χ2n) is 8.44. The molecule has 0 aliphatic carbocycles. The van der Waals surface area contributed by atoms with Crippen molar-refractivity contribution in [2.45, 2.75) is 33.2 Å². The highest BCUT2D eigenvalue weighted by atomic mass is 32.1. The molecular weight excluding hydrogens is 454 g/mol. The van der Waals surface area contributed by atoms with E-state index in [0.29, 0.717) is 53.1 Å². The van der Waals surface area contributed by atoms with Crippen LogP contribution in [0.4, 0.5) is 11.1 Å². The number of anilines is 2. The average molecular weight is 478 g/mol. The van der Waals surface area contributed by atoms with Crippen LogP contribution >= 0.6 is 11.3 Å². The van der Waals surface area contributed by atoms with Crippen molar-refractivity contribution in [3.8, 4) is 0 Å². The van der Waals surface area contributed by atoms with Crippen molar-refractivity contribution in [2.24, 2.45) is 5.92 Å². The number of fused-ring (bicyclic) bond motifs is 1. The summed E-state index contributed by atoms with van der Waals surface area (Å²) in [6.07, 6.45) is 1.37. The van der Waals surface area contributed by atoms with Crippen LogP contribution in [-0.4, -0.2) is 55.9 Å². The van der Waals surface area contributed by atoms with Crippen molar-refractivity contribution < 1.29 is 14.4 Å². The molecular formula is C23H23N7O3S. The van der Waals surface area contributed by atoms with Gasteiger partial charge in [0.05, 0.1) is 17.7 Å². The van der Waals surface area contributed by atoms with Crippen LogP contribution in [0.25, 0.3) is 0 Å². The Morgan fingerprint density at radius 2 is 1.65 bits per heavy atom. The Bertz CT molecular complexity index is 1230. The molecule has 1 aromatic carbocycles. The zero-order chi connectivity index (χ0) is 23.8. The molecule has 3 aromatic rings. The average Bonchev–Trinajstić information content (AvgIpc) is 3.36. The fourth-order valence-corrected chi connectivity index (χ4v) is 5.02. The predicted molar refractivity (Wildman–Crippen MR) is 126 cm³/mol. The molecule has 4 heterocycles. The number of hydrogen-bond donors (Lipinski definition) is 1. The van der Waals surface area contributed by atoms with Gasteiger partial charge < -0.3 is 10.2 Å². The van der Waals surface area contributed by atoms with Crippen molar-refractivity contribution in [1.82, 2.24) is 25.1 Å². The number of nitrogens with zero attached hydrogens (tertiary/aromatic N) is 6. The molecule has 0 unspecified atom stereocenters. The number of imide groups is 1. The van der Waals surface area contributed by atoms with E-state index in [1.165, 1.54) is 0 Å². The second-order valence-corrected chi connectivity index (χ2v) is 9.51. The number of carbonyl (C=O) groups excluding carboxylic acids is 3. The third-order valence-electron chi connectivity index (χ3n) is 5.99. The normalized spacial score (nSPS) is 16.2. The van der Waals surface area contributed by atoms with E-state index in [9.17, 15) is 14.4 Å². The molecule has 0 atom stereocenters. The summed E-state index contributed by atoms with van der Waals surface area (Å²) in [4.78, 5) is 50.2. The number of aryl methyl sites for hydroxylation is 2. The number of nitrogens with one attached hydrogen (secondary N) is 1. The van der Waals surface area contributed by atoms with Crippen molar-refractivity contribution in [3.63, 3.8) is 0 Å². The summed E-state index contributed by atoms with van der Waals surface area (Å²) in [6.45, 7) is 5.31. The smallest absolute Gasteiger partial charge is 0.261 e. The first-order valence-corrected chi connectivity index (χ1v) is 11.9. The van der Waals surface area contributed by atoms with Gasteiger partial charge >= 0.3 is 0 Å². The summed E-state index contributed by atoms with van der Waals surface area (Å²) in [5, 5.41) is 11.8. The van der Waals surface area contributed by atoms with Crippen LogP contribution in [0.3, 0.4) is 0 Å². The minimum Gasteiger partial charge on any atom is -0.341 e. The highest BCUT2D eigenvalue weighted by molar-refractivity contribution is 7.15. The van der Waals surface area contributed by atoms with Crippen LogP contribution in [0.1, 0.15) is 50.0 Å². The van der Waals surface area contributed by atoms with Crippen LogP contribution in [0, 0.1) is 19.8 Å². The summed E-state index contributed by atoms with van der Waals surface area (Å²) in [5.74, 6) is -0.240. The van der Waals surface area contributed by atoms with E-state index in [0.717, 1.165) is 27.6 Å².